The Morgan fingerprint density at radius 3 is 2.55 bits per heavy atom. The van der Waals surface area contributed by atoms with Gasteiger partial charge >= 0.3 is 0 Å². The highest BCUT2D eigenvalue weighted by Gasteiger charge is 2.30. The first kappa shape index (κ1) is 20.1. The van der Waals surface area contributed by atoms with Gasteiger partial charge < -0.3 is 10.2 Å². The van der Waals surface area contributed by atoms with Gasteiger partial charge in [-0.25, -0.2) is 0 Å². The smallest absolute Gasteiger partial charge is 0.263 e. The molecule has 2 aromatic rings. The minimum Gasteiger partial charge on any atom is -0.354 e. The maximum absolute atomic E-state index is 12.9. The molecular weight excluding hydrogens is 382 g/mol. The molecule has 6 heteroatoms. The number of hydrogen-bond donors (Lipinski definition) is 1. The Balaban J connectivity index is 1.36. The van der Waals surface area contributed by atoms with Crippen LogP contribution >= 0.6 is 11.3 Å². The minimum atomic E-state index is -0.123. The average molecular weight is 412 g/mol. The summed E-state index contributed by atoms with van der Waals surface area (Å²) >= 11 is 1.46. The molecule has 29 heavy (non-hydrogen) atoms. The van der Waals surface area contributed by atoms with Crippen LogP contribution in [-0.4, -0.2) is 54.3 Å². The van der Waals surface area contributed by atoms with Crippen molar-refractivity contribution in [2.45, 2.75) is 31.7 Å². The van der Waals surface area contributed by atoms with E-state index in [4.69, 9.17) is 0 Å². The number of amides is 2. The Bertz CT molecular complexity index is 803. The number of rotatable bonds is 6. The first-order valence-corrected chi connectivity index (χ1v) is 11.5. The first-order valence-electron chi connectivity index (χ1n) is 10.6. The maximum atomic E-state index is 12.9. The Kier molecular flexibility index (Phi) is 6.62. The van der Waals surface area contributed by atoms with E-state index in [1.807, 2.05) is 28.5 Å². The second-order valence-corrected chi connectivity index (χ2v) is 8.93. The molecule has 2 aliphatic rings. The predicted molar refractivity (Wildman–Crippen MR) is 116 cm³/mol. The maximum Gasteiger partial charge on any atom is 0.263 e. The van der Waals surface area contributed by atoms with E-state index in [9.17, 15) is 9.59 Å². The number of hydrogen-bond acceptors (Lipinski definition) is 4. The molecule has 0 radical (unpaired) electrons. The third-order valence-corrected chi connectivity index (χ3v) is 6.90. The van der Waals surface area contributed by atoms with E-state index in [1.54, 1.807) is 0 Å². The van der Waals surface area contributed by atoms with E-state index in [0.29, 0.717) is 13.1 Å². The Morgan fingerprint density at radius 2 is 1.83 bits per heavy atom. The van der Waals surface area contributed by atoms with Gasteiger partial charge in [-0.05, 0) is 55.8 Å². The lowest BCUT2D eigenvalue weighted by molar-refractivity contribution is -0.126. The molecule has 0 unspecified atom stereocenters. The summed E-state index contributed by atoms with van der Waals surface area (Å²) in [6.07, 6.45) is 4.17. The largest absolute Gasteiger partial charge is 0.354 e. The van der Waals surface area contributed by atoms with E-state index in [1.165, 1.54) is 29.7 Å². The number of carbonyl (C=O) groups excluding carboxylic acids is 2. The second-order valence-electron chi connectivity index (χ2n) is 7.98. The van der Waals surface area contributed by atoms with Crippen LogP contribution in [0.15, 0.2) is 47.8 Å². The van der Waals surface area contributed by atoms with E-state index in [-0.39, 0.29) is 23.8 Å². The van der Waals surface area contributed by atoms with Crippen molar-refractivity contribution in [1.82, 2.24) is 15.1 Å². The van der Waals surface area contributed by atoms with Crippen molar-refractivity contribution in [3.05, 3.63) is 58.3 Å². The van der Waals surface area contributed by atoms with Crippen molar-refractivity contribution >= 4 is 23.2 Å². The summed E-state index contributed by atoms with van der Waals surface area (Å²) < 4.78 is 0. The zero-order chi connectivity index (χ0) is 20.1. The molecule has 1 aromatic carbocycles. The highest BCUT2D eigenvalue weighted by Crippen LogP contribution is 2.25. The summed E-state index contributed by atoms with van der Waals surface area (Å²) in [6.45, 7) is 4.05. The molecule has 2 amide bonds. The summed E-state index contributed by atoms with van der Waals surface area (Å²) in [5.74, 6) is 0.00759. The molecule has 2 aliphatic heterocycles. The molecule has 154 valence electrons. The molecule has 4 rings (SSSR count). The normalized spacial score (nSPS) is 21.1. The fraction of sp³-hybridized carbons (Fsp3) is 0.478. The van der Waals surface area contributed by atoms with Gasteiger partial charge in [-0.1, -0.05) is 36.4 Å². The van der Waals surface area contributed by atoms with Gasteiger partial charge in [0.2, 0.25) is 5.91 Å². The molecule has 5 nitrogen and oxygen atoms in total. The van der Waals surface area contributed by atoms with E-state index in [0.717, 1.165) is 37.4 Å². The summed E-state index contributed by atoms with van der Waals surface area (Å²) in [5.41, 5.74) is 1.26. The lowest BCUT2D eigenvalue weighted by atomic mass is 9.96. The summed E-state index contributed by atoms with van der Waals surface area (Å²) in [6, 6.07) is 14.4. The number of benzene rings is 1. The first-order chi connectivity index (χ1) is 14.2. The van der Waals surface area contributed by atoms with Gasteiger partial charge in [-0.3, -0.25) is 14.5 Å². The molecule has 1 N–H and O–H groups in total. The number of carbonyl (C=O) groups is 2. The highest BCUT2D eigenvalue weighted by molar-refractivity contribution is 7.12. The number of thiophene rings is 1. The molecule has 0 aliphatic carbocycles. The van der Waals surface area contributed by atoms with Gasteiger partial charge in [0.25, 0.3) is 5.91 Å². The van der Waals surface area contributed by atoms with Gasteiger partial charge in [0.05, 0.1) is 16.8 Å². The zero-order valence-corrected chi connectivity index (χ0v) is 17.6. The van der Waals surface area contributed by atoms with Crippen LogP contribution in [0.5, 0.6) is 0 Å². The van der Waals surface area contributed by atoms with Crippen LogP contribution in [0.3, 0.4) is 0 Å². The van der Waals surface area contributed by atoms with Crippen LogP contribution in [0.1, 0.15) is 47.0 Å². The predicted octanol–water partition coefficient (Wildman–Crippen LogP) is 3.55. The van der Waals surface area contributed by atoms with E-state index < -0.39 is 0 Å². The lowest BCUT2D eigenvalue weighted by Crippen LogP contribution is -2.46. The monoisotopic (exact) mass is 411 g/mol. The molecule has 3 heterocycles. The van der Waals surface area contributed by atoms with E-state index in [2.05, 4.69) is 34.5 Å². The molecule has 0 saturated carbocycles. The van der Waals surface area contributed by atoms with Gasteiger partial charge in [-0.2, -0.15) is 0 Å². The molecule has 0 bridgehead atoms. The molecule has 2 saturated heterocycles. The van der Waals surface area contributed by atoms with Crippen LogP contribution in [0.2, 0.25) is 0 Å². The van der Waals surface area contributed by atoms with Crippen molar-refractivity contribution in [1.29, 1.82) is 0 Å². The van der Waals surface area contributed by atoms with Crippen LogP contribution in [0.25, 0.3) is 0 Å². The third-order valence-electron chi connectivity index (χ3n) is 6.05. The van der Waals surface area contributed by atoms with Crippen LogP contribution in [-0.2, 0) is 4.79 Å². The number of likely N-dealkylation sites (tertiary alicyclic amines) is 2. The van der Waals surface area contributed by atoms with Gasteiger partial charge in [0.1, 0.15) is 0 Å². The van der Waals surface area contributed by atoms with Crippen molar-refractivity contribution in [2.75, 3.05) is 32.7 Å². The van der Waals surface area contributed by atoms with E-state index >= 15 is 0 Å². The minimum absolute atomic E-state index is 0.0525. The van der Waals surface area contributed by atoms with Crippen molar-refractivity contribution in [3.63, 3.8) is 0 Å². The number of nitrogens with one attached hydrogen (secondary N) is 1. The van der Waals surface area contributed by atoms with Gasteiger partial charge in [0, 0.05) is 19.6 Å². The third kappa shape index (κ3) is 4.87. The topological polar surface area (TPSA) is 52.7 Å². The van der Waals surface area contributed by atoms with Crippen LogP contribution in [0.4, 0.5) is 0 Å². The van der Waals surface area contributed by atoms with Crippen molar-refractivity contribution < 1.29 is 9.59 Å². The average Bonchev–Trinajstić information content (AvgIpc) is 3.49. The summed E-state index contributed by atoms with van der Waals surface area (Å²) in [5, 5.41) is 5.13. The summed E-state index contributed by atoms with van der Waals surface area (Å²) in [4.78, 5) is 30.7. The highest BCUT2D eigenvalue weighted by atomic mass is 32.1. The number of nitrogens with zero attached hydrogens (tertiary/aromatic N) is 2. The molecule has 1 aromatic heterocycles. The van der Waals surface area contributed by atoms with Gasteiger partial charge in [0.15, 0.2) is 0 Å². The molecule has 0 spiro atoms. The Hall–Kier alpha value is -2.18. The Morgan fingerprint density at radius 1 is 1.03 bits per heavy atom. The number of piperidine rings is 1. The quantitative estimate of drug-likeness (QED) is 0.791. The van der Waals surface area contributed by atoms with Gasteiger partial charge in [-0.15, -0.1) is 11.3 Å². The molecular formula is C23H29N3O2S. The fourth-order valence-electron chi connectivity index (χ4n) is 4.46. The Labute approximate surface area is 176 Å². The molecule has 2 atom stereocenters. The lowest BCUT2D eigenvalue weighted by Gasteiger charge is -2.33. The van der Waals surface area contributed by atoms with Crippen LogP contribution < -0.4 is 5.32 Å². The summed E-state index contributed by atoms with van der Waals surface area (Å²) in [7, 11) is 0. The van der Waals surface area contributed by atoms with Crippen molar-refractivity contribution in [2.24, 2.45) is 5.92 Å². The van der Waals surface area contributed by atoms with Crippen molar-refractivity contribution in [3.8, 4) is 0 Å². The fourth-order valence-corrected chi connectivity index (χ4v) is 5.15. The second kappa shape index (κ2) is 9.55. The zero-order valence-electron chi connectivity index (χ0n) is 16.8. The standard InChI is InChI=1S/C23H29N3O2S/c27-22(19-10-6-14-26(17-19)23(28)21-11-7-15-29-21)24-16-20(25-12-4-5-13-25)18-8-2-1-3-9-18/h1-3,7-9,11,15,19-20H,4-6,10,12-14,16-17H2,(H,24,27)/t19-,20-/m0/s1. The SMILES string of the molecule is O=C(NC[C@@H](c1ccccc1)N1CCCC1)[C@H]1CCCN(C(=O)c2cccs2)C1. The molecule has 2 fully saturated rings. The van der Waals surface area contributed by atoms with Crippen LogP contribution in [0, 0.1) is 5.92 Å².